The first-order valence-corrected chi connectivity index (χ1v) is 7.56. The van der Waals surface area contributed by atoms with Gasteiger partial charge in [-0.15, -0.1) is 0 Å². The molecular formula is C17H27NO. The van der Waals surface area contributed by atoms with Gasteiger partial charge in [0.25, 0.3) is 0 Å². The molecule has 1 aromatic carbocycles. The van der Waals surface area contributed by atoms with Crippen molar-refractivity contribution >= 4 is 0 Å². The summed E-state index contributed by atoms with van der Waals surface area (Å²) < 4.78 is 6.06. The number of ether oxygens (including phenoxy) is 1. The summed E-state index contributed by atoms with van der Waals surface area (Å²) in [6, 6.07) is 10.9. The van der Waals surface area contributed by atoms with Crippen LogP contribution in [-0.4, -0.2) is 25.8 Å². The number of benzene rings is 1. The predicted molar refractivity (Wildman–Crippen MR) is 80.5 cm³/mol. The van der Waals surface area contributed by atoms with Gasteiger partial charge in [0.15, 0.2) is 0 Å². The maximum atomic E-state index is 6.06. The van der Waals surface area contributed by atoms with Crippen molar-refractivity contribution in [1.29, 1.82) is 0 Å². The molecule has 1 fully saturated rings. The van der Waals surface area contributed by atoms with Gasteiger partial charge in [0, 0.05) is 12.0 Å². The first kappa shape index (κ1) is 14.5. The van der Waals surface area contributed by atoms with Gasteiger partial charge in [0.05, 0.1) is 12.2 Å². The molecule has 0 aromatic heterocycles. The zero-order valence-electron chi connectivity index (χ0n) is 12.5. The highest BCUT2D eigenvalue weighted by molar-refractivity contribution is 5.26. The molecule has 1 heterocycles. The molecule has 1 saturated heterocycles. The number of likely N-dealkylation sites (N-methyl/N-ethyl adjacent to an activating group) is 1. The van der Waals surface area contributed by atoms with Crippen LogP contribution >= 0.6 is 0 Å². The van der Waals surface area contributed by atoms with Gasteiger partial charge in [0.1, 0.15) is 0 Å². The largest absolute Gasteiger partial charge is 0.375 e. The number of hydrogen-bond acceptors (Lipinski definition) is 2. The average molecular weight is 261 g/mol. The van der Waals surface area contributed by atoms with E-state index in [4.69, 9.17) is 4.74 Å². The van der Waals surface area contributed by atoms with Crippen molar-refractivity contribution in [2.24, 2.45) is 0 Å². The second kappa shape index (κ2) is 6.53. The standard InChI is InChI=1S/C17H27NO/c1-4-17(13-18-3,15-8-6-5-7-9-15)12-16-11-10-14(2)19-16/h5-9,14,16,18H,4,10-13H2,1-3H3. The van der Waals surface area contributed by atoms with Crippen molar-refractivity contribution in [3.63, 3.8) is 0 Å². The molecule has 2 heteroatoms. The third-order valence-corrected chi connectivity index (χ3v) is 4.52. The third-order valence-electron chi connectivity index (χ3n) is 4.52. The molecule has 19 heavy (non-hydrogen) atoms. The molecule has 0 amide bonds. The molecule has 1 aliphatic heterocycles. The maximum absolute atomic E-state index is 6.06. The fourth-order valence-corrected chi connectivity index (χ4v) is 3.37. The normalized spacial score (nSPS) is 26.3. The van der Waals surface area contributed by atoms with E-state index in [-0.39, 0.29) is 5.41 Å². The summed E-state index contributed by atoms with van der Waals surface area (Å²) in [6.45, 7) is 5.50. The van der Waals surface area contributed by atoms with Gasteiger partial charge in [-0.2, -0.15) is 0 Å². The Hall–Kier alpha value is -0.860. The van der Waals surface area contributed by atoms with Crippen LogP contribution in [-0.2, 0) is 10.2 Å². The lowest BCUT2D eigenvalue weighted by Gasteiger charge is -2.35. The molecule has 2 rings (SSSR count). The Kier molecular flexibility index (Phi) is 5.00. The van der Waals surface area contributed by atoms with Crippen LogP contribution in [0.2, 0.25) is 0 Å². The minimum absolute atomic E-state index is 0.199. The van der Waals surface area contributed by atoms with Gasteiger partial charge < -0.3 is 10.1 Å². The molecule has 0 radical (unpaired) electrons. The van der Waals surface area contributed by atoms with E-state index in [1.165, 1.54) is 18.4 Å². The van der Waals surface area contributed by atoms with Gasteiger partial charge in [-0.3, -0.25) is 0 Å². The summed E-state index contributed by atoms with van der Waals surface area (Å²) in [5.41, 5.74) is 1.64. The predicted octanol–water partition coefficient (Wildman–Crippen LogP) is 3.51. The summed E-state index contributed by atoms with van der Waals surface area (Å²) in [5.74, 6) is 0. The summed E-state index contributed by atoms with van der Waals surface area (Å²) in [5, 5.41) is 3.39. The van der Waals surface area contributed by atoms with Crippen molar-refractivity contribution in [2.45, 2.75) is 57.2 Å². The summed E-state index contributed by atoms with van der Waals surface area (Å²) in [7, 11) is 2.05. The molecule has 106 valence electrons. The molecule has 2 nitrogen and oxygen atoms in total. The van der Waals surface area contributed by atoms with Crippen molar-refractivity contribution in [3.8, 4) is 0 Å². The van der Waals surface area contributed by atoms with Crippen molar-refractivity contribution in [2.75, 3.05) is 13.6 Å². The molecule has 1 N–H and O–H groups in total. The van der Waals surface area contributed by atoms with E-state index >= 15 is 0 Å². The van der Waals surface area contributed by atoms with Crippen LogP contribution in [0, 0.1) is 0 Å². The lowest BCUT2D eigenvalue weighted by atomic mass is 9.73. The highest BCUT2D eigenvalue weighted by Crippen LogP contribution is 2.36. The topological polar surface area (TPSA) is 21.3 Å². The molecule has 1 aromatic rings. The molecule has 3 atom stereocenters. The third kappa shape index (κ3) is 3.37. The van der Waals surface area contributed by atoms with E-state index in [2.05, 4.69) is 49.5 Å². The molecule has 1 aliphatic rings. The zero-order chi connectivity index (χ0) is 13.7. The maximum Gasteiger partial charge on any atom is 0.0588 e. The lowest BCUT2D eigenvalue weighted by Crippen LogP contribution is -2.39. The van der Waals surface area contributed by atoms with Crippen molar-refractivity contribution in [3.05, 3.63) is 35.9 Å². The van der Waals surface area contributed by atoms with Gasteiger partial charge in [-0.25, -0.2) is 0 Å². The molecule has 0 spiro atoms. The van der Waals surface area contributed by atoms with Crippen molar-refractivity contribution < 1.29 is 4.74 Å². The minimum Gasteiger partial charge on any atom is -0.375 e. The van der Waals surface area contributed by atoms with Crippen LogP contribution < -0.4 is 5.32 Å². The summed E-state index contributed by atoms with van der Waals surface area (Å²) in [4.78, 5) is 0. The summed E-state index contributed by atoms with van der Waals surface area (Å²) >= 11 is 0. The monoisotopic (exact) mass is 261 g/mol. The van der Waals surface area contributed by atoms with E-state index in [1.54, 1.807) is 0 Å². The quantitative estimate of drug-likeness (QED) is 0.846. The van der Waals surface area contributed by atoms with E-state index in [0.29, 0.717) is 12.2 Å². The first-order valence-electron chi connectivity index (χ1n) is 7.56. The van der Waals surface area contributed by atoms with Crippen LogP contribution in [0.3, 0.4) is 0 Å². The first-order chi connectivity index (χ1) is 9.20. The van der Waals surface area contributed by atoms with Crippen LogP contribution in [0.25, 0.3) is 0 Å². The smallest absolute Gasteiger partial charge is 0.0588 e. The zero-order valence-corrected chi connectivity index (χ0v) is 12.5. The van der Waals surface area contributed by atoms with E-state index in [0.717, 1.165) is 19.4 Å². The van der Waals surface area contributed by atoms with Crippen molar-refractivity contribution in [1.82, 2.24) is 5.32 Å². The fourth-order valence-electron chi connectivity index (χ4n) is 3.37. The fraction of sp³-hybridized carbons (Fsp3) is 0.647. The van der Waals surface area contributed by atoms with Gasteiger partial charge in [-0.1, -0.05) is 37.3 Å². The molecular weight excluding hydrogens is 234 g/mol. The Labute approximate surface area is 117 Å². The molecule has 0 aliphatic carbocycles. The van der Waals surface area contributed by atoms with E-state index < -0.39 is 0 Å². The SMILES string of the molecule is CCC(CNC)(CC1CCC(C)O1)c1ccccc1. The Morgan fingerprint density at radius 3 is 2.53 bits per heavy atom. The number of rotatable bonds is 6. The molecule has 3 unspecified atom stereocenters. The van der Waals surface area contributed by atoms with Crippen LogP contribution in [0.5, 0.6) is 0 Å². The van der Waals surface area contributed by atoms with Crippen LogP contribution in [0.15, 0.2) is 30.3 Å². The van der Waals surface area contributed by atoms with E-state index in [1.807, 2.05) is 7.05 Å². The number of nitrogens with one attached hydrogen (secondary N) is 1. The van der Waals surface area contributed by atoms with Gasteiger partial charge in [0.2, 0.25) is 0 Å². The summed E-state index contributed by atoms with van der Waals surface area (Å²) in [6.07, 6.45) is 5.54. The van der Waals surface area contributed by atoms with E-state index in [9.17, 15) is 0 Å². The van der Waals surface area contributed by atoms with Crippen LogP contribution in [0.1, 0.15) is 45.1 Å². The second-order valence-electron chi connectivity index (χ2n) is 5.88. The lowest BCUT2D eigenvalue weighted by molar-refractivity contribution is 0.0349. The van der Waals surface area contributed by atoms with Gasteiger partial charge in [-0.05, 0) is 45.2 Å². The highest BCUT2D eigenvalue weighted by Gasteiger charge is 2.35. The number of hydrogen-bond donors (Lipinski definition) is 1. The van der Waals surface area contributed by atoms with Crippen LogP contribution in [0.4, 0.5) is 0 Å². The Morgan fingerprint density at radius 1 is 1.26 bits per heavy atom. The Bertz CT molecular complexity index is 378. The highest BCUT2D eigenvalue weighted by atomic mass is 16.5. The molecule has 0 saturated carbocycles. The molecule has 0 bridgehead atoms. The Balaban J connectivity index is 2.19. The second-order valence-corrected chi connectivity index (χ2v) is 5.88. The minimum atomic E-state index is 0.199. The average Bonchev–Trinajstić information content (AvgIpc) is 2.84. The van der Waals surface area contributed by atoms with Gasteiger partial charge >= 0.3 is 0 Å². The Morgan fingerprint density at radius 2 is 2.00 bits per heavy atom.